The van der Waals surface area contributed by atoms with Crippen LogP contribution in [0.25, 0.3) is 0 Å². The van der Waals surface area contributed by atoms with E-state index in [0.717, 1.165) is 64.2 Å². The molecule has 0 aromatic rings. The van der Waals surface area contributed by atoms with Gasteiger partial charge in [-0.25, -0.2) is 8.78 Å². The standard InChI is InChI=1S/C27H43F12NO/c1-3-5-7-9-11-13-15-17-19-40(20-18-16-14-12-10-8-6-4-2)22(41)24(32,33)26(36,37)27(38,39)25(34,35)23(30,31)21(28)29/h21H,3-20H2,1-2H3. The monoisotopic (exact) mass is 625 g/mol. The van der Waals surface area contributed by atoms with Crippen LogP contribution >= 0.6 is 0 Å². The Morgan fingerprint density at radius 1 is 0.512 bits per heavy atom. The van der Waals surface area contributed by atoms with Gasteiger partial charge >= 0.3 is 36.0 Å². The first kappa shape index (κ1) is 39.6. The van der Waals surface area contributed by atoms with E-state index < -0.39 is 55.0 Å². The molecule has 0 aliphatic rings. The Kier molecular flexibility index (Phi) is 17.1. The Balaban J connectivity index is 5.65. The van der Waals surface area contributed by atoms with Crippen LogP contribution in [0.15, 0.2) is 0 Å². The highest BCUT2D eigenvalue weighted by Gasteiger charge is 2.89. The summed E-state index contributed by atoms with van der Waals surface area (Å²) in [6.45, 7) is 2.84. The fourth-order valence-electron chi connectivity index (χ4n) is 4.26. The molecule has 1 amide bonds. The number of nitrogens with zero attached hydrogens (tertiary/aromatic N) is 1. The Bertz CT molecular complexity index is 711. The molecular weight excluding hydrogens is 582 g/mol. The third kappa shape index (κ3) is 10.4. The number of carbonyl (C=O) groups excluding carboxylic acids is 1. The Hall–Kier alpha value is -1.37. The summed E-state index contributed by atoms with van der Waals surface area (Å²) in [5, 5.41) is 0. The van der Waals surface area contributed by atoms with Crippen molar-refractivity contribution in [3.63, 3.8) is 0 Å². The molecule has 0 N–H and O–H groups in total. The van der Waals surface area contributed by atoms with Crippen LogP contribution in [0.2, 0.25) is 0 Å². The van der Waals surface area contributed by atoms with Crippen molar-refractivity contribution in [2.24, 2.45) is 0 Å². The van der Waals surface area contributed by atoms with Crippen molar-refractivity contribution in [3.8, 4) is 0 Å². The van der Waals surface area contributed by atoms with E-state index in [1.165, 1.54) is 0 Å². The highest BCUT2D eigenvalue weighted by molar-refractivity contribution is 5.85. The molecule has 2 nitrogen and oxygen atoms in total. The van der Waals surface area contributed by atoms with Crippen LogP contribution in [-0.2, 0) is 4.79 Å². The third-order valence-corrected chi connectivity index (χ3v) is 6.99. The molecular formula is C27H43F12NO. The number of halogens is 12. The second-order valence-corrected chi connectivity index (χ2v) is 10.5. The van der Waals surface area contributed by atoms with Crippen molar-refractivity contribution in [2.45, 2.75) is 153 Å². The lowest BCUT2D eigenvalue weighted by molar-refractivity contribution is -0.407. The summed E-state index contributed by atoms with van der Waals surface area (Å²) in [5.41, 5.74) is 0. The van der Waals surface area contributed by atoms with Gasteiger partial charge in [-0.15, -0.1) is 0 Å². The van der Waals surface area contributed by atoms with E-state index in [9.17, 15) is 57.5 Å². The van der Waals surface area contributed by atoms with Gasteiger partial charge in [0.25, 0.3) is 5.91 Å². The number of rotatable bonds is 24. The lowest BCUT2D eigenvalue weighted by atomic mass is 9.93. The van der Waals surface area contributed by atoms with Crippen LogP contribution in [0.3, 0.4) is 0 Å². The molecule has 0 rings (SSSR count). The van der Waals surface area contributed by atoms with Crippen molar-refractivity contribution >= 4 is 5.91 Å². The molecule has 0 radical (unpaired) electrons. The van der Waals surface area contributed by atoms with Gasteiger partial charge in [0.2, 0.25) is 0 Å². The lowest BCUT2D eigenvalue weighted by Gasteiger charge is -2.39. The molecule has 246 valence electrons. The second kappa shape index (κ2) is 17.7. The first-order chi connectivity index (χ1) is 18.9. The summed E-state index contributed by atoms with van der Waals surface area (Å²) in [4.78, 5) is 12.6. The molecule has 14 heteroatoms. The molecule has 0 unspecified atom stereocenters. The molecule has 0 aromatic carbocycles. The van der Waals surface area contributed by atoms with Crippen LogP contribution in [0.5, 0.6) is 0 Å². The quantitative estimate of drug-likeness (QED) is 0.0772. The van der Waals surface area contributed by atoms with Crippen LogP contribution in [0.4, 0.5) is 52.7 Å². The van der Waals surface area contributed by atoms with E-state index in [1.54, 1.807) is 0 Å². The number of amides is 1. The lowest BCUT2D eigenvalue weighted by Crippen LogP contribution is -2.71. The maximum Gasteiger partial charge on any atom is 0.392 e. The van der Waals surface area contributed by atoms with Gasteiger partial charge < -0.3 is 4.90 Å². The molecule has 0 atom stereocenters. The Morgan fingerprint density at radius 3 is 1.15 bits per heavy atom. The summed E-state index contributed by atoms with van der Waals surface area (Å²) >= 11 is 0. The summed E-state index contributed by atoms with van der Waals surface area (Å²) in [6, 6.07) is 0. The van der Waals surface area contributed by atoms with Crippen LogP contribution < -0.4 is 0 Å². The van der Waals surface area contributed by atoms with Gasteiger partial charge in [-0.3, -0.25) is 4.79 Å². The van der Waals surface area contributed by atoms with E-state index >= 15 is 0 Å². The minimum Gasteiger partial charge on any atom is -0.337 e. The molecule has 0 fully saturated rings. The highest BCUT2D eigenvalue weighted by atomic mass is 19.4. The average molecular weight is 626 g/mol. The number of unbranched alkanes of at least 4 members (excludes halogenated alkanes) is 14. The first-order valence-electron chi connectivity index (χ1n) is 14.3. The highest BCUT2D eigenvalue weighted by Crippen LogP contribution is 2.58. The molecule has 0 aromatic heterocycles. The van der Waals surface area contributed by atoms with E-state index in [4.69, 9.17) is 0 Å². The fourth-order valence-corrected chi connectivity index (χ4v) is 4.26. The molecule has 0 aliphatic carbocycles. The van der Waals surface area contributed by atoms with E-state index in [-0.39, 0.29) is 17.7 Å². The molecule has 0 spiro atoms. The molecule has 0 saturated carbocycles. The zero-order valence-corrected chi connectivity index (χ0v) is 23.7. The predicted molar refractivity (Wildman–Crippen MR) is 133 cm³/mol. The number of hydrogen-bond acceptors (Lipinski definition) is 1. The molecule has 0 saturated heterocycles. The van der Waals surface area contributed by atoms with Gasteiger partial charge in [-0.05, 0) is 12.8 Å². The summed E-state index contributed by atoms with van der Waals surface area (Å²) in [5.74, 6) is -39.4. The summed E-state index contributed by atoms with van der Waals surface area (Å²) < 4.78 is 164. The van der Waals surface area contributed by atoms with Crippen molar-refractivity contribution in [2.75, 3.05) is 13.1 Å². The fraction of sp³-hybridized carbons (Fsp3) is 0.963. The van der Waals surface area contributed by atoms with E-state index in [2.05, 4.69) is 0 Å². The minimum absolute atomic E-state index is 0.00813. The molecule has 41 heavy (non-hydrogen) atoms. The van der Waals surface area contributed by atoms with Gasteiger partial charge in [0.05, 0.1) is 0 Å². The largest absolute Gasteiger partial charge is 0.392 e. The van der Waals surface area contributed by atoms with E-state index in [0.29, 0.717) is 25.7 Å². The van der Waals surface area contributed by atoms with Crippen molar-refractivity contribution in [3.05, 3.63) is 0 Å². The topological polar surface area (TPSA) is 20.3 Å². The normalized spacial score (nSPS) is 13.7. The molecule has 0 aliphatic heterocycles. The Labute approximate surface area is 234 Å². The molecule has 0 heterocycles. The maximum atomic E-state index is 14.6. The van der Waals surface area contributed by atoms with Crippen LogP contribution in [0, 0.1) is 0 Å². The average Bonchev–Trinajstić information content (AvgIpc) is 2.89. The van der Waals surface area contributed by atoms with Crippen molar-refractivity contribution in [1.29, 1.82) is 0 Å². The first-order valence-corrected chi connectivity index (χ1v) is 14.3. The van der Waals surface area contributed by atoms with E-state index in [1.807, 2.05) is 13.8 Å². The van der Waals surface area contributed by atoms with Crippen LogP contribution in [-0.4, -0.2) is 59.9 Å². The summed E-state index contributed by atoms with van der Waals surface area (Å²) in [6.07, 6.45) is 5.60. The minimum atomic E-state index is -7.71. The summed E-state index contributed by atoms with van der Waals surface area (Å²) in [7, 11) is 0. The number of alkyl halides is 12. The van der Waals surface area contributed by atoms with Gasteiger partial charge in [0.1, 0.15) is 0 Å². The van der Waals surface area contributed by atoms with Gasteiger partial charge in [0, 0.05) is 13.1 Å². The predicted octanol–water partition coefficient (Wildman–Crippen LogP) is 10.5. The third-order valence-electron chi connectivity index (χ3n) is 6.99. The van der Waals surface area contributed by atoms with Gasteiger partial charge in [-0.1, -0.05) is 104 Å². The maximum absolute atomic E-state index is 14.6. The zero-order chi connectivity index (χ0) is 32.0. The van der Waals surface area contributed by atoms with Gasteiger partial charge in [-0.2, -0.15) is 43.9 Å². The smallest absolute Gasteiger partial charge is 0.337 e. The number of hydrogen-bond donors (Lipinski definition) is 0. The van der Waals surface area contributed by atoms with Crippen molar-refractivity contribution in [1.82, 2.24) is 4.90 Å². The van der Waals surface area contributed by atoms with Crippen molar-refractivity contribution < 1.29 is 57.5 Å². The number of carbonyl (C=O) groups is 1. The molecule has 0 bridgehead atoms. The second-order valence-electron chi connectivity index (χ2n) is 10.5. The van der Waals surface area contributed by atoms with Crippen LogP contribution in [0.1, 0.15) is 117 Å². The van der Waals surface area contributed by atoms with Gasteiger partial charge in [0.15, 0.2) is 0 Å². The Morgan fingerprint density at radius 2 is 0.829 bits per heavy atom. The zero-order valence-electron chi connectivity index (χ0n) is 23.7. The SMILES string of the molecule is CCCCCCCCCCN(CCCCCCCCCC)C(=O)C(F)(F)C(F)(F)C(F)(F)C(F)(F)C(F)(F)C(F)F.